The summed E-state index contributed by atoms with van der Waals surface area (Å²) in [4.78, 5) is 23.7. The first-order valence-corrected chi connectivity index (χ1v) is 9.43. The van der Waals surface area contributed by atoms with E-state index in [0.717, 1.165) is 15.7 Å². The van der Waals surface area contributed by atoms with Gasteiger partial charge in [-0.3, -0.25) is 9.59 Å². The maximum absolute atomic E-state index is 11.8. The first kappa shape index (κ1) is 18.5. The van der Waals surface area contributed by atoms with Crippen molar-refractivity contribution >= 4 is 45.2 Å². The molecule has 2 aromatic carbocycles. The van der Waals surface area contributed by atoms with Gasteiger partial charge in [0.25, 0.3) is 0 Å². The summed E-state index contributed by atoms with van der Waals surface area (Å²) in [6.45, 7) is 2.52. The van der Waals surface area contributed by atoms with Crippen LogP contribution in [-0.4, -0.2) is 23.3 Å². The minimum atomic E-state index is -0.121. The topological polar surface area (TPSA) is 58.2 Å². The van der Waals surface area contributed by atoms with Crippen molar-refractivity contribution in [3.63, 3.8) is 0 Å². The summed E-state index contributed by atoms with van der Waals surface area (Å²) in [5, 5.41) is 5.66. The molecule has 0 radical (unpaired) electrons. The van der Waals surface area contributed by atoms with Crippen molar-refractivity contribution in [1.29, 1.82) is 0 Å². The average Bonchev–Trinajstić information content (AvgIpc) is 2.53. The van der Waals surface area contributed by atoms with E-state index in [1.54, 1.807) is 0 Å². The van der Waals surface area contributed by atoms with E-state index in [1.807, 2.05) is 55.5 Å². The van der Waals surface area contributed by atoms with Gasteiger partial charge in [-0.05, 0) is 30.7 Å². The van der Waals surface area contributed by atoms with Crippen molar-refractivity contribution in [2.24, 2.45) is 0 Å². The monoisotopic (exact) mass is 406 g/mol. The van der Waals surface area contributed by atoms with E-state index in [9.17, 15) is 9.59 Å². The Morgan fingerprint density at radius 3 is 2.54 bits per heavy atom. The highest BCUT2D eigenvalue weighted by Gasteiger charge is 2.06. The van der Waals surface area contributed by atoms with Crippen LogP contribution in [0, 0.1) is 6.92 Å². The van der Waals surface area contributed by atoms with E-state index in [2.05, 4.69) is 26.6 Å². The number of nitrogens with one attached hydrogen (secondary N) is 2. The lowest BCUT2D eigenvalue weighted by Gasteiger charge is -2.07. The number of hydrogen-bond donors (Lipinski definition) is 2. The fraction of sp³-hybridized carbons (Fsp3) is 0.222. The maximum Gasteiger partial charge on any atom is 0.234 e. The molecule has 6 heteroatoms. The number of carbonyl (C=O) groups is 2. The Bertz CT molecular complexity index is 722. The molecule has 24 heavy (non-hydrogen) atoms. The van der Waals surface area contributed by atoms with Crippen molar-refractivity contribution in [3.8, 4) is 0 Å². The third-order valence-electron chi connectivity index (χ3n) is 3.15. The smallest absolute Gasteiger partial charge is 0.234 e. The largest absolute Gasteiger partial charge is 0.351 e. The number of hydrogen-bond acceptors (Lipinski definition) is 3. The summed E-state index contributed by atoms with van der Waals surface area (Å²) in [5.41, 5.74) is 2.97. The van der Waals surface area contributed by atoms with E-state index in [0.29, 0.717) is 6.54 Å². The van der Waals surface area contributed by atoms with Crippen LogP contribution in [-0.2, 0) is 16.1 Å². The summed E-state index contributed by atoms with van der Waals surface area (Å²) in [6.07, 6.45) is 0. The van der Waals surface area contributed by atoms with Gasteiger partial charge in [0, 0.05) is 16.7 Å². The van der Waals surface area contributed by atoms with Gasteiger partial charge >= 0.3 is 0 Å². The number of halogens is 1. The molecule has 0 saturated heterocycles. The summed E-state index contributed by atoms with van der Waals surface area (Å²) in [7, 11) is 0. The lowest BCUT2D eigenvalue weighted by molar-refractivity contribution is -0.118. The Labute approximate surface area is 154 Å². The number of anilines is 1. The quantitative estimate of drug-likeness (QED) is 0.735. The Kier molecular flexibility index (Phi) is 7.34. The van der Waals surface area contributed by atoms with Gasteiger partial charge in [0.15, 0.2) is 0 Å². The predicted molar refractivity (Wildman–Crippen MR) is 103 cm³/mol. The van der Waals surface area contributed by atoms with Crippen LogP contribution in [0.5, 0.6) is 0 Å². The highest BCUT2D eigenvalue weighted by molar-refractivity contribution is 9.10. The number of carbonyl (C=O) groups excluding carboxylic acids is 2. The minimum Gasteiger partial charge on any atom is -0.351 e. The van der Waals surface area contributed by atoms with Crippen LogP contribution in [0.1, 0.15) is 11.1 Å². The molecule has 0 aromatic heterocycles. The highest BCUT2D eigenvalue weighted by atomic mass is 79.9. The molecular formula is C18H19BrN2O2S. The van der Waals surface area contributed by atoms with Crippen LogP contribution >= 0.6 is 27.7 Å². The minimum absolute atomic E-state index is 0.0724. The molecule has 0 atom stereocenters. The van der Waals surface area contributed by atoms with Gasteiger partial charge in [0.2, 0.25) is 11.8 Å². The second kappa shape index (κ2) is 9.49. The number of amides is 2. The summed E-state index contributed by atoms with van der Waals surface area (Å²) < 4.78 is 0.906. The van der Waals surface area contributed by atoms with E-state index in [1.165, 1.54) is 17.3 Å². The fourth-order valence-electron chi connectivity index (χ4n) is 2.07. The predicted octanol–water partition coefficient (Wildman–Crippen LogP) is 3.75. The zero-order valence-electron chi connectivity index (χ0n) is 13.3. The lowest BCUT2D eigenvalue weighted by atomic mass is 10.1. The molecule has 126 valence electrons. The average molecular weight is 407 g/mol. The van der Waals surface area contributed by atoms with Gasteiger partial charge in [0.1, 0.15) is 0 Å². The van der Waals surface area contributed by atoms with Crippen molar-refractivity contribution in [3.05, 3.63) is 64.1 Å². The molecule has 0 aliphatic carbocycles. The fourth-order valence-corrected chi connectivity index (χ4v) is 3.12. The second-order valence-electron chi connectivity index (χ2n) is 5.32. The van der Waals surface area contributed by atoms with Gasteiger partial charge in [0.05, 0.1) is 11.5 Å². The van der Waals surface area contributed by atoms with Crippen LogP contribution in [0.3, 0.4) is 0 Å². The molecule has 0 fully saturated rings. The van der Waals surface area contributed by atoms with Crippen LogP contribution in [0.15, 0.2) is 53.0 Å². The van der Waals surface area contributed by atoms with Crippen molar-refractivity contribution < 1.29 is 9.59 Å². The van der Waals surface area contributed by atoms with Crippen LogP contribution in [0.25, 0.3) is 0 Å². The van der Waals surface area contributed by atoms with Gasteiger partial charge in [-0.25, -0.2) is 0 Å². The molecule has 0 aliphatic heterocycles. The van der Waals surface area contributed by atoms with E-state index >= 15 is 0 Å². The molecule has 4 nitrogen and oxygen atoms in total. The van der Waals surface area contributed by atoms with Crippen LogP contribution in [0.4, 0.5) is 5.69 Å². The molecule has 2 aromatic rings. The summed E-state index contributed by atoms with van der Waals surface area (Å²) in [5.74, 6) is 0.309. The zero-order valence-corrected chi connectivity index (χ0v) is 15.7. The third kappa shape index (κ3) is 6.76. The van der Waals surface area contributed by atoms with Crippen LogP contribution < -0.4 is 10.6 Å². The highest BCUT2D eigenvalue weighted by Crippen LogP contribution is 2.16. The maximum atomic E-state index is 11.8. The number of thioether (sulfide) groups is 1. The summed E-state index contributed by atoms with van der Waals surface area (Å²) in [6, 6.07) is 15.4. The Morgan fingerprint density at radius 1 is 1.04 bits per heavy atom. The van der Waals surface area contributed by atoms with Crippen molar-refractivity contribution in [1.82, 2.24) is 5.32 Å². The number of benzene rings is 2. The molecule has 0 bridgehead atoms. The lowest BCUT2D eigenvalue weighted by Crippen LogP contribution is -2.25. The van der Waals surface area contributed by atoms with Crippen molar-refractivity contribution in [2.45, 2.75) is 13.5 Å². The Balaban J connectivity index is 1.66. The molecule has 2 amide bonds. The molecule has 0 spiro atoms. The Hall–Kier alpha value is -1.79. The van der Waals surface area contributed by atoms with Gasteiger partial charge in [-0.1, -0.05) is 51.8 Å². The molecule has 0 saturated carbocycles. The number of aryl methyl sites for hydroxylation is 1. The molecule has 0 aliphatic rings. The molecular weight excluding hydrogens is 388 g/mol. The standard InChI is InChI=1S/C18H19BrN2O2S/c1-13-4-2-5-14(8-13)10-20-17(22)11-24-12-18(23)21-16-7-3-6-15(19)9-16/h2-9H,10-12H2,1H3,(H,20,22)(H,21,23). The van der Waals surface area contributed by atoms with Crippen LogP contribution in [0.2, 0.25) is 0 Å². The normalized spacial score (nSPS) is 10.2. The van der Waals surface area contributed by atoms with Gasteiger partial charge in [-0.15, -0.1) is 11.8 Å². The molecule has 0 heterocycles. The number of rotatable bonds is 7. The van der Waals surface area contributed by atoms with Crippen molar-refractivity contribution in [2.75, 3.05) is 16.8 Å². The van der Waals surface area contributed by atoms with E-state index in [4.69, 9.17) is 0 Å². The Morgan fingerprint density at radius 2 is 1.79 bits per heavy atom. The van der Waals surface area contributed by atoms with E-state index < -0.39 is 0 Å². The molecule has 2 rings (SSSR count). The van der Waals surface area contributed by atoms with Gasteiger partial charge < -0.3 is 10.6 Å². The second-order valence-corrected chi connectivity index (χ2v) is 7.22. The van der Waals surface area contributed by atoms with E-state index in [-0.39, 0.29) is 23.3 Å². The third-order valence-corrected chi connectivity index (χ3v) is 4.57. The summed E-state index contributed by atoms with van der Waals surface area (Å²) >= 11 is 4.65. The van der Waals surface area contributed by atoms with Gasteiger partial charge in [-0.2, -0.15) is 0 Å². The zero-order chi connectivity index (χ0) is 17.4. The molecule has 2 N–H and O–H groups in total. The first-order chi connectivity index (χ1) is 11.5. The SMILES string of the molecule is Cc1cccc(CNC(=O)CSCC(=O)Nc2cccc(Br)c2)c1. The first-order valence-electron chi connectivity index (χ1n) is 7.48. The molecule has 0 unspecified atom stereocenters.